The molecule has 0 radical (unpaired) electrons. The maximum absolute atomic E-state index is 11.2. The molecule has 100 valence electrons. The largest absolute Gasteiger partial charge is 0.326 e. The summed E-state index contributed by atoms with van der Waals surface area (Å²) < 4.78 is 0. The van der Waals surface area contributed by atoms with Crippen LogP contribution in [0.4, 0.5) is 0 Å². The Labute approximate surface area is 118 Å². The molecule has 0 fully saturated rings. The molecule has 1 aromatic carbocycles. The molecule has 2 heterocycles. The van der Waals surface area contributed by atoms with Gasteiger partial charge < -0.3 is 4.98 Å². The van der Waals surface area contributed by atoms with E-state index in [1.165, 1.54) is 11.1 Å². The molecule has 1 aliphatic rings. The lowest BCUT2D eigenvalue weighted by molar-refractivity contribution is 0.243. The summed E-state index contributed by atoms with van der Waals surface area (Å²) in [5.41, 5.74) is 3.69. The number of fused-ring (bicyclic) bond motifs is 1. The van der Waals surface area contributed by atoms with E-state index in [-0.39, 0.29) is 18.0 Å². The summed E-state index contributed by atoms with van der Waals surface area (Å²) in [7, 11) is 0. The fourth-order valence-corrected chi connectivity index (χ4v) is 2.49. The zero-order valence-electron chi connectivity index (χ0n) is 10.6. The average molecular weight is 277 g/mol. The third-order valence-electron chi connectivity index (χ3n) is 3.42. The van der Waals surface area contributed by atoms with Gasteiger partial charge in [-0.3, -0.25) is 9.69 Å². The Morgan fingerprint density at radius 3 is 2.68 bits per heavy atom. The van der Waals surface area contributed by atoms with Gasteiger partial charge in [0.05, 0.1) is 0 Å². The molecular weight excluding hydrogens is 260 g/mol. The normalized spacial score (nSPS) is 14.5. The minimum atomic E-state index is 0. The Bertz CT molecular complexity index is 595. The van der Waals surface area contributed by atoms with Crippen LogP contribution in [0.25, 0.3) is 0 Å². The van der Waals surface area contributed by atoms with E-state index in [2.05, 4.69) is 34.1 Å². The molecule has 4 heteroatoms. The SMILES string of the molecule is Cl.O=c1ccc2c([nH]1)CCN(Cc1ccccc1)C2. The zero-order valence-corrected chi connectivity index (χ0v) is 11.5. The van der Waals surface area contributed by atoms with Crippen LogP contribution < -0.4 is 5.56 Å². The van der Waals surface area contributed by atoms with Gasteiger partial charge >= 0.3 is 0 Å². The van der Waals surface area contributed by atoms with Gasteiger partial charge in [0.25, 0.3) is 0 Å². The van der Waals surface area contributed by atoms with Gasteiger partial charge in [0.2, 0.25) is 5.56 Å². The number of pyridine rings is 1. The molecule has 1 aliphatic heterocycles. The van der Waals surface area contributed by atoms with Crippen LogP contribution in [0, 0.1) is 0 Å². The number of aromatic amines is 1. The van der Waals surface area contributed by atoms with Crippen molar-refractivity contribution in [2.24, 2.45) is 0 Å². The van der Waals surface area contributed by atoms with Gasteiger partial charge in [-0.15, -0.1) is 12.4 Å². The van der Waals surface area contributed by atoms with E-state index in [4.69, 9.17) is 0 Å². The van der Waals surface area contributed by atoms with E-state index in [9.17, 15) is 4.79 Å². The summed E-state index contributed by atoms with van der Waals surface area (Å²) in [5.74, 6) is 0. The number of aromatic nitrogens is 1. The topological polar surface area (TPSA) is 36.1 Å². The predicted molar refractivity (Wildman–Crippen MR) is 78.6 cm³/mol. The number of nitrogens with one attached hydrogen (secondary N) is 1. The minimum Gasteiger partial charge on any atom is -0.326 e. The predicted octanol–water partition coefficient (Wildman–Crippen LogP) is 2.36. The number of nitrogens with zero attached hydrogens (tertiary/aromatic N) is 1. The molecule has 3 nitrogen and oxygen atoms in total. The molecule has 0 spiro atoms. The highest BCUT2D eigenvalue weighted by atomic mass is 35.5. The fraction of sp³-hybridized carbons (Fsp3) is 0.267. The quantitative estimate of drug-likeness (QED) is 0.914. The van der Waals surface area contributed by atoms with Crippen LogP contribution in [0.3, 0.4) is 0 Å². The standard InChI is InChI=1S/C15H16N2O.ClH/c18-15-7-6-13-11-17(9-8-14(13)16-15)10-12-4-2-1-3-5-12;/h1-7H,8-11H2,(H,16,18);1H. The first-order valence-corrected chi connectivity index (χ1v) is 6.28. The second-order valence-corrected chi connectivity index (χ2v) is 4.77. The molecule has 0 amide bonds. The second-order valence-electron chi connectivity index (χ2n) is 4.77. The third-order valence-corrected chi connectivity index (χ3v) is 3.42. The molecule has 0 aliphatic carbocycles. The van der Waals surface area contributed by atoms with E-state index in [0.717, 1.165) is 31.7 Å². The highest BCUT2D eigenvalue weighted by Gasteiger charge is 2.16. The Balaban J connectivity index is 0.00000133. The lowest BCUT2D eigenvalue weighted by Gasteiger charge is -2.28. The Morgan fingerprint density at radius 1 is 1.11 bits per heavy atom. The van der Waals surface area contributed by atoms with Gasteiger partial charge in [-0.05, 0) is 11.1 Å². The molecule has 0 bridgehead atoms. The summed E-state index contributed by atoms with van der Waals surface area (Å²) in [6, 6.07) is 14.1. The van der Waals surface area contributed by atoms with Crippen LogP contribution in [0.5, 0.6) is 0 Å². The molecule has 0 unspecified atom stereocenters. The number of hydrogen-bond donors (Lipinski definition) is 1. The lowest BCUT2D eigenvalue weighted by atomic mass is 10.0. The van der Waals surface area contributed by atoms with Gasteiger partial charge in [-0.1, -0.05) is 36.4 Å². The highest BCUT2D eigenvalue weighted by molar-refractivity contribution is 5.85. The number of H-pyrrole nitrogens is 1. The summed E-state index contributed by atoms with van der Waals surface area (Å²) in [6.07, 6.45) is 0.929. The van der Waals surface area contributed by atoms with Gasteiger partial charge in [0.15, 0.2) is 0 Å². The molecule has 0 atom stereocenters. The van der Waals surface area contributed by atoms with Crippen molar-refractivity contribution in [1.29, 1.82) is 0 Å². The van der Waals surface area contributed by atoms with E-state index in [0.29, 0.717) is 0 Å². The van der Waals surface area contributed by atoms with Crippen molar-refractivity contribution in [2.75, 3.05) is 6.54 Å². The van der Waals surface area contributed by atoms with E-state index < -0.39 is 0 Å². The van der Waals surface area contributed by atoms with Crippen LogP contribution >= 0.6 is 12.4 Å². The molecule has 2 aromatic rings. The van der Waals surface area contributed by atoms with Crippen molar-refractivity contribution in [2.45, 2.75) is 19.5 Å². The van der Waals surface area contributed by atoms with Gasteiger partial charge in [0, 0.05) is 37.8 Å². The van der Waals surface area contributed by atoms with Crippen molar-refractivity contribution in [1.82, 2.24) is 9.88 Å². The summed E-state index contributed by atoms with van der Waals surface area (Å²) in [5, 5.41) is 0. The second kappa shape index (κ2) is 6.04. The summed E-state index contributed by atoms with van der Waals surface area (Å²) in [6.45, 7) is 2.89. The Morgan fingerprint density at radius 2 is 1.89 bits per heavy atom. The first-order chi connectivity index (χ1) is 8.81. The average Bonchev–Trinajstić information content (AvgIpc) is 2.40. The molecule has 3 rings (SSSR count). The minimum absolute atomic E-state index is 0. The third kappa shape index (κ3) is 3.25. The van der Waals surface area contributed by atoms with Crippen LogP contribution in [-0.2, 0) is 19.5 Å². The molecular formula is C15H17ClN2O. The first-order valence-electron chi connectivity index (χ1n) is 6.28. The number of rotatable bonds is 2. The Hall–Kier alpha value is -1.58. The monoisotopic (exact) mass is 276 g/mol. The van der Waals surface area contributed by atoms with E-state index in [1.807, 2.05) is 12.1 Å². The molecule has 1 aromatic heterocycles. The van der Waals surface area contributed by atoms with E-state index >= 15 is 0 Å². The number of benzene rings is 1. The molecule has 0 saturated carbocycles. The van der Waals surface area contributed by atoms with Crippen molar-refractivity contribution in [3.63, 3.8) is 0 Å². The van der Waals surface area contributed by atoms with Gasteiger partial charge in [0.1, 0.15) is 0 Å². The smallest absolute Gasteiger partial charge is 0.248 e. The van der Waals surface area contributed by atoms with E-state index in [1.54, 1.807) is 6.07 Å². The lowest BCUT2D eigenvalue weighted by Crippen LogP contribution is -2.31. The van der Waals surface area contributed by atoms with Crippen LogP contribution in [0.1, 0.15) is 16.8 Å². The molecule has 0 saturated heterocycles. The zero-order chi connectivity index (χ0) is 12.4. The van der Waals surface area contributed by atoms with Gasteiger partial charge in [-0.25, -0.2) is 0 Å². The van der Waals surface area contributed by atoms with Crippen LogP contribution in [-0.4, -0.2) is 16.4 Å². The summed E-state index contributed by atoms with van der Waals surface area (Å²) >= 11 is 0. The highest BCUT2D eigenvalue weighted by Crippen LogP contribution is 2.17. The summed E-state index contributed by atoms with van der Waals surface area (Å²) in [4.78, 5) is 16.6. The Kier molecular flexibility index (Phi) is 4.40. The van der Waals surface area contributed by atoms with Crippen molar-refractivity contribution >= 4 is 12.4 Å². The first kappa shape index (κ1) is 13.8. The maximum Gasteiger partial charge on any atom is 0.248 e. The molecule has 1 N–H and O–H groups in total. The number of halogens is 1. The number of hydrogen-bond acceptors (Lipinski definition) is 2. The fourth-order valence-electron chi connectivity index (χ4n) is 2.49. The van der Waals surface area contributed by atoms with Crippen LogP contribution in [0.15, 0.2) is 47.3 Å². The maximum atomic E-state index is 11.2. The van der Waals surface area contributed by atoms with Crippen LogP contribution in [0.2, 0.25) is 0 Å². The van der Waals surface area contributed by atoms with Crippen molar-refractivity contribution in [3.05, 3.63) is 69.6 Å². The molecule has 19 heavy (non-hydrogen) atoms. The van der Waals surface area contributed by atoms with Crippen molar-refractivity contribution in [3.8, 4) is 0 Å². The van der Waals surface area contributed by atoms with Crippen molar-refractivity contribution < 1.29 is 0 Å². The van der Waals surface area contributed by atoms with Gasteiger partial charge in [-0.2, -0.15) is 0 Å².